The Balaban J connectivity index is 2.03. The molecule has 2 fully saturated rings. The van der Waals surface area contributed by atoms with Crippen LogP contribution in [0.2, 0.25) is 0 Å². The van der Waals surface area contributed by atoms with Crippen molar-refractivity contribution < 1.29 is 5.11 Å². The van der Waals surface area contributed by atoms with Gasteiger partial charge in [-0.25, -0.2) is 0 Å². The monoisotopic (exact) mass is 267 g/mol. The first-order valence-corrected chi connectivity index (χ1v) is 8.48. The number of aliphatic hydroxyl groups is 1. The zero-order valence-electron chi connectivity index (χ0n) is 13.0. The molecule has 2 aliphatic rings. The summed E-state index contributed by atoms with van der Waals surface area (Å²) in [6, 6.07) is 0. The Morgan fingerprint density at radius 3 is 2.11 bits per heavy atom. The summed E-state index contributed by atoms with van der Waals surface area (Å²) in [5.41, 5.74) is 5.71. The highest BCUT2D eigenvalue weighted by molar-refractivity contribution is 5.03. The zero-order valence-corrected chi connectivity index (χ0v) is 13.0. The predicted octanol–water partition coefficient (Wildman–Crippen LogP) is 3.86. The van der Waals surface area contributed by atoms with Gasteiger partial charge in [0, 0.05) is 12.0 Å². The molecule has 0 aromatic carbocycles. The van der Waals surface area contributed by atoms with Crippen molar-refractivity contribution in [1.82, 2.24) is 0 Å². The van der Waals surface area contributed by atoms with Crippen molar-refractivity contribution >= 4 is 0 Å². The van der Waals surface area contributed by atoms with E-state index in [4.69, 9.17) is 5.73 Å². The van der Waals surface area contributed by atoms with Crippen LogP contribution in [-0.4, -0.2) is 17.3 Å². The highest BCUT2D eigenvalue weighted by Crippen LogP contribution is 2.52. The van der Waals surface area contributed by atoms with E-state index in [-0.39, 0.29) is 5.41 Å². The van der Waals surface area contributed by atoms with E-state index in [0.717, 1.165) is 37.5 Å². The Morgan fingerprint density at radius 1 is 1.05 bits per heavy atom. The minimum absolute atomic E-state index is 0.0252. The zero-order chi connectivity index (χ0) is 13.9. The van der Waals surface area contributed by atoms with Crippen LogP contribution in [0.4, 0.5) is 0 Å². The Hall–Kier alpha value is -0.0800. The maximum atomic E-state index is 11.2. The molecule has 0 atom stereocenters. The molecule has 0 aliphatic heterocycles. The van der Waals surface area contributed by atoms with Gasteiger partial charge in [-0.1, -0.05) is 26.7 Å². The summed E-state index contributed by atoms with van der Waals surface area (Å²) in [6.07, 6.45) is 11.8. The van der Waals surface area contributed by atoms with Gasteiger partial charge in [-0.05, 0) is 63.2 Å². The summed E-state index contributed by atoms with van der Waals surface area (Å²) in [5, 5.41) is 11.2. The number of nitrogens with two attached hydrogens (primary N) is 1. The molecule has 2 rings (SSSR count). The lowest BCUT2D eigenvalue weighted by Gasteiger charge is -2.53. The minimum atomic E-state index is -0.467. The SMILES string of the molecule is CCCC1CCC(CN)(C2(O)CCC(C)CC2)CC1. The molecule has 0 saturated heterocycles. The molecule has 2 aliphatic carbocycles. The van der Waals surface area contributed by atoms with Crippen LogP contribution in [0.25, 0.3) is 0 Å². The summed E-state index contributed by atoms with van der Waals surface area (Å²) in [5.74, 6) is 1.67. The molecule has 112 valence electrons. The highest BCUT2D eigenvalue weighted by Gasteiger charge is 2.51. The van der Waals surface area contributed by atoms with Gasteiger partial charge >= 0.3 is 0 Å². The molecule has 0 amide bonds. The second-order valence-electron chi connectivity index (χ2n) is 7.43. The topological polar surface area (TPSA) is 46.2 Å². The quantitative estimate of drug-likeness (QED) is 0.812. The smallest absolute Gasteiger partial charge is 0.0716 e. The fraction of sp³-hybridized carbons (Fsp3) is 1.00. The first-order chi connectivity index (χ1) is 9.05. The minimum Gasteiger partial charge on any atom is -0.389 e. The van der Waals surface area contributed by atoms with E-state index in [0.29, 0.717) is 6.54 Å². The van der Waals surface area contributed by atoms with Gasteiger partial charge in [0.2, 0.25) is 0 Å². The number of hydrogen-bond acceptors (Lipinski definition) is 2. The van der Waals surface area contributed by atoms with Crippen LogP contribution < -0.4 is 5.73 Å². The van der Waals surface area contributed by atoms with E-state index in [1.165, 1.54) is 38.5 Å². The molecule has 0 heterocycles. The second kappa shape index (κ2) is 6.13. The fourth-order valence-corrected chi connectivity index (χ4v) is 4.56. The largest absolute Gasteiger partial charge is 0.389 e. The average molecular weight is 267 g/mol. The van der Waals surface area contributed by atoms with Gasteiger partial charge in [0.25, 0.3) is 0 Å². The summed E-state index contributed by atoms with van der Waals surface area (Å²) < 4.78 is 0. The van der Waals surface area contributed by atoms with Crippen molar-refractivity contribution in [2.75, 3.05) is 6.54 Å². The van der Waals surface area contributed by atoms with Crippen LogP contribution in [0.5, 0.6) is 0 Å². The van der Waals surface area contributed by atoms with Crippen LogP contribution >= 0.6 is 0 Å². The van der Waals surface area contributed by atoms with Crippen LogP contribution in [0.1, 0.15) is 78.1 Å². The van der Waals surface area contributed by atoms with Crippen molar-refractivity contribution in [2.45, 2.75) is 83.7 Å². The Bertz CT molecular complexity index is 273. The maximum Gasteiger partial charge on any atom is 0.0716 e. The molecule has 2 nitrogen and oxygen atoms in total. The van der Waals surface area contributed by atoms with Gasteiger partial charge in [0.05, 0.1) is 5.60 Å². The first-order valence-electron chi connectivity index (χ1n) is 8.48. The molecule has 0 unspecified atom stereocenters. The number of hydrogen-bond donors (Lipinski definition) is 2. The van der Waals surface area contributed by atoms with Crippen molar-refractivity contribution in [3.05, 3.63) is 0 Å². The van der Waals surface area contributed by atoms with E-state index >= 15 is 0 Å². The van der Waals surface area contributed by atoms with E-state index < -0.39 is 5.60 Å². The standard InChI is InChI=1S/C17H33NO/c1-3-4-15-7-9-16(13-18,10-8-15)17(19)11-5-14(2)6-12-17/h14-15,19H,3-13,18H2,1-2H3. The number of rotatable bonds is 4. The molecule has 19 heavy (non-hydrogen) atoms. The van der Waals surface area contributed by atoms with Crippen LogP contribution in [0.3, 0.4) is 0 Å². The summed E-state index contributed by atoms with van der Waals surface area (Å²) >= 11 is 0. The van der Waals surface area contributed by atoms with Crippen LogP contribution in [-0.2, 0) is 0 Å². The molecule has 0 spiro atoms. The third-order valence-corrected chi connectivity index (χ3v) is 6.24. The van der Waals surface area contributed by atoms with Crippen LogP contribution in [0.15, 0.2) is 0 Å². The lowest BCUT2D eigenvalue weighted by atomic mass is 9.56. The average Bonchev–Trinajstić information content (AvgIpc) is 2.43. The molecule has 0 bridgehead atoms. The Labute approximate surface area is 119 Å². The Morgan fingerprint density at radius 2 is 1.63 bits per heavy atom. The van der Waals surface area contributed by atoms with E-state index in [1.54, 1.807) is 0 Å². The molecule has 0 radical (unpaired) electrons. The molecular weight excluding hydrogens is 234 g/mol. The van der Waals surface area contributed by atoms with Crippen LogP contribution in [0, 0.1) is 17.3 Å². The third-order valence-electron chi connectivity index (χ3n) is 6.24. The molecule has 2 heteroatoms. The van der Waals surface area contributed by atoms with Gasteiger partial charge in [-0.3, -0.25) is 0 Å². The fourth-order valence-electron chi connectivity index (χ4n) is 4.56. The van der Waals surface area contributed by atoms with Gasteiger partial charge < -0.3 is 10.8 Å². The van der Waals surface area contributed by atoms with Crippen molar-refractivity contribution in [2.24, 2.45) is 23.0 Å². The van der Waals surface area contributed by atoms with E-state index in [9.17, 15) is 5.11 Å². The van der Waals surface area contributed by atoms with Crippen molar-refractivity contribution in [3.8, 4) is 0 Å². The lowest BCUT2D eigenvalue weighted by Crippen LogP contribution is -2.55. The van der Waals surface area contributed by atoms with Gasteiger partial charge in [0.1, 0.15) is 0 Å². The Kier molecular flexibility index (Phi) is 4.94. The van der Waals surface area contributed by atoms with Gasteiger partial charge in [-0.2, -0.15) is 0 Å². The molecule has 0 aromatic rings. The van der Waals surface area contributed by atoms with Crippen molar-refractivity contribution in [3.63, 3.8) is 0 Å². The van der Waals surface area contributed by atoms with Gasteiger partial charge in [0.15, 0.2) is 0 Å². The van der Waals surface area contributed by atoms with Gasteiger partial charge in [-0.15, -0.1) is 0 Å². The molecule has 0 aromatic heterocycles. The second-order valence-corrected chi connectivity index (χ2v) is 7.43. The predicted molar refractivity (Wildman–Crippen MR) is 80.9 cm³/mol. The first kappa shape index (κ1) is 15.3. The molecule has 2 saturated carbocycles. The summed E-state index contributed by atoms with van der Waals surface area (Å²) in [4.78, 5) is 0. The lowest BCUT2D eigenvalue weighted by molar-refractivity contribution is -0.132. The molecular formula is C17H33NO. The highest BCUT2D eigenvalue weighted by atomic mass is 16.3. The normalized spacial score (nSPS) is 44.2. The summed E-state index contributed by atoms with van der Waals surface area (Å²) in [7, 11) is 0. The maximum absolute atomic E-state index is 11.2. The van der Waals surface area contributed by atoms with E-state index in [1.807, 2.05) is 0 Å². The third kappa shape index (κ3) is 3.00. The van der Waals surface area contributed by atoms with E-state index in [2.05, 4.69) is 13.8 Å². The summed E-state index contributed by atoms with van der Waals surface area (Å²) in [6.45, 7) is 5.27. The van der Waals surface area contributed by atoms with Crippen molar-refractivity contribution in [1.29, 1.82) is 0 Å². The molecule has 3 N–H and O–H groups in total.